The van der Waals surface area contributed by atoms with E-state index in [9.17, 15) is 9.18 Å². The average Bonchev–Trinajstić information content (AvgIpc) is 2.17. The zero-order valence-corrected chi connectivity index (χ0v) is 7.33. The van der Waals surface area contributed by atoms with Gasteiger partial charge in [0, 0.05) is 6.07 Å². The van der Waals surface area contributed by atoms with Crippen LogP contribution in [0.2, 0.25) is 0 Å². The van der Waals surface area contributed by atoms with Gasteiger partial charge < -0.3 is 9.47 Å². The molecule has 0 saturated heterocycles. The van der Waals surface area contributed by atoms with E-state index in [0.717, 1.165) is 6.07 Å². The number of ether oxygens (including phenoxy) is 2. The van der Waals surface area contributed by atoms with Crippen molar-refractivity contribution in [1.29, 1.82) is 0 Å². The Bertz CT molecular complexity index is 323. The summed E-state index contributed by atoms with van der Waals surface area (Å²) >= 11 is 0. The van der Waals surface area contributed by atoms with E-state index in [4.69, 9.17) is 9.47 Å². The summed E-state index contributed by atoms with van der Waals surface area (Å²) in [5, 5.41) is 0. The first-order valence-corrected chi connectivity index (χ1v) is 3.59. The Morgan fingerprint density at radius 3 is 2.31 bits per heavy atom. The van der Waals surface area contributed by atoms with Crippen LogP contribution >= 0.6 is 0 Å². The SMILES string of the molecule is COc1cc(C=O)c(OC)cc1F. The molecule has 0 amide bonds. The van der Waals surface area contributed by atoms with Crippen LogP contribution in [0.15, 0.2) is 12.1 Å². The van der Waals surface area contributed by atoms with Gasteiger partial charge in [0.25, 0.3) is 0 Å². The number of aldehydes is 1. The van der Waals surface area contributed by atoms with Crippen LogP contribution in [-0.2, 0) is 0 Å². The monoisotopic (exact) mass is 184 g/mol. The molecule has 0 saturated carbocycles. The number of benzene rings is 1. The van der Waals surface area contributed by atoms with Crippen molar-refractivity contribution in [2.45, 2.75) is 0 Å². The van der Waals surface area contributed by atoms with Crippen LogP contribution in [0.1, 0.15) is 10.4 Å². The van der Waals surface area contributed by atoms with Gasteiger partial charge in [-0.25, -0.2) is 4.39 Å². The minimum absolute atomic E-state index is 0.0305. The summed E-state index contributed by atoms with van der Waals surface area (Å²) in [6.07, 6.45) is 0.584. The lowest BCUT2D eigenvalue weighted by Gasteiger charge is -2.06. The van der Waals surface area contributed by atoms with Crippen molar-refractivity contribution in [3.05, 3.63) is 23.5 Å². The molecular formula is C9H9FO3. The number of rotatable bonds is 3. The van der Waals surface area contributed by atoms with Crippen LogP contribution in [-0.4, -0.2) is 20.5 Å². The Morgan fingerprint density at radius 2 is 1.85 bits per heavy atom. The Kier molecular flexibility index (Phi) is 2.84. The molecule has 0 unspecified atom stereocenters. The first kappa shape index (κ1) is 9.51. The molecule has 0 aliphatic rings. The van der Waals surface area contributed by atoms with Crippen LogP contribution in [0, 0.1) is 5.82 Å². The number of carbonyl (C=O) groups excluding carboxylic acids is 1. The number of methoxy groups -OCH3 is 2. The van der Waals surface area contributed by atoms with Gasteiger partial charge in [-0.1, -0.05) is 0 Å². The van der Waals surface area contributed by atoms with E-state index in [1.54, 1.807) is 0 Å². The molecular weight excluding hydrogens is 175 g/mol. The predicted molar refractivity (Wildman–Crippen MR) is 44.9 cm³/mol. The highest BCUT2D eigenvalue weighted by Gasteiger charge is 2.09. The zero-order chi connectivity index (χ0) is 9.84. The second-order valence-electron chi connectivity index (χ2n) is 2.35. The summed E-state index contributed by atoms with van der Waals surface area (Å²) in [6, 6.07) is 2.41. The number of hydrogen-bond acceptors (Lipinski definition) is 3. The first-order valence-electron chi connectivity index (χ1n) is 3.59. The van der Waals surface area contributed by atoms with Crippen molar-refractivity contribution in [2.75, 3.05) is 14.2 Å². The largest absolute Gasteiger partial charge is 0.496 e. The molecule has 0 radical (unpaired) electrons. The van der Waals surface area contributed by atoms with Gasteiger partial charge in [0.05, 0.1) is 19.8 Å². The van der Waals surface area contributed by atoms with Crippen molar-refractivity contribution in [3.63, 3.8) is 0 Å². The van der Waals surface area contributed by atoms with Crippen LogP contribution in [0.25, 0.3) is 0 Å². The molecule has 70 valence electrons. The highest BCUT2D eigenvalue weighted by atomic mass is 19.1. The summed E-state index contributed by atoms with van der Waals surface area (Å²) in [6.45, 7) is 0. The van der Waals surface area contributed by atoms with Crippen molar-refractivity contribution in [2.24, 2.45) is 0 Å². The predicted octanol–water partition coefficient (Wildman–Crippen LogP) is 1.66. The fourth-order valence-corrected chi connectivity index (χ4v) is 0.976. The maximum Gasteiger partial charge on any atom is 0.168 e. The zero-order valence-electron chi connectivity index (χ0n) is 7.33. The molecule has 0 N–H and O–H groups in total. The van der Waals surface area contributed by atoms with Crippen LogP contribution < -0.4 is 9.47 Å². The molecule has 4 heteroatoms. The third-order valence-electron chi connectivity index (χ3n) is 1.63. The van der Waals surface area contributed by atoms with E-state index in [1.807, 2.05) is 0 Å². The minimum Gasteiger partial charge on any atom is -0.496 e. The molecule has 0 spiro atoms. The number of hydrogen-bond donors (Lipinski definition) is 0. The maximum atomic E-state index is 13.0. The van der Waals surface area contributed by atoms with Crippen molar-refractivity contribution >= 4 is 6.29 Å². The van der Waals surface area contributed by atoms with Gasteiger partial charge in [0.1, 0.15) is 5.75 Å². The number of halogens is 1. The van der Waals surface area contributed by atoms with Crippen LogP contribution in [0.3, 0.4) is 0 Å². The number of carbonyl (C=O) groups is 1. The van der Waals surface area contributed by atoms with E-state index in [-0.39, 0.29) is 17.1 Å². The van der Waals surface area contributed by atoms with Gasteiger partial charge in [-0.3, -0.25) is 4.79 Å². The first-order chi connectivity index (χ1) is 6.22. The minimum atomic E-state index is -0.551. The summed E-state index contributed by atoms with van der Waals surface area (Å²) in [4.78, 5) is 10.5. The Hall–Kier alpha value is -1.58. The van der Waals surface area contributed by atoms with Gasteiger partial charge in [-0.15, -0.1) is 0 Å². The van der Waals surface area contributed by atoms with Crippen molar-refractivity contribution in [1.82, 2.24) is 0 Å². The molecule has 0 bridgehead atoms. The fraction of sp³-hybridized carbons (Fsp3) is 0.222. The van der Waals surface area contributed by atoms with Crippen molar-refractivity contribution < 1.29 is 18.7 Å². The van der Waals surface area contributed by atoms with Gasteiger partial charge in [-0.2, -0.15) is 0 Å². The lowest BCUT2D eigenvalue weighted by atomic mass is 10.2. The molecule has 0 atom stereocenters. The van der Waals surface area contributed by atoms with Crippen LogP contribution in [0.5, 0.6) is 11.5 Å². The van der Waals surface area contributed by atoms with Crippen molar-refractivity contribution in [3.8, 4) is 11.5 Å². The normalized spacial score (nSPS) is 9.46. The van der Waals surface area contributed by atoms with E-state index in [0.29, 0.717) is 6.29 Å². The van der Waals surface area contributed by atoms with Crippen LogP contribution in [0.4, 0.5) is 4.39 Å². The van der Waals surface area contributed by atoms with E-state index < -0.39 is 5.82 Å². The summed E-state index contributed by atoms with van der Waals surface area (Å²) in [7, 11) is 2.70. The van der Waals surface area contributed by atoms with Gasteiger partial charge in [0.15, 0.2) is 17.9 Å². The second kappa shape index (κ2) is 3.89. The topological polar surface area (TPSA) is 35.5 Å². The second-order valence-corrected chi connectivity index (χ2v) is 2.35. The van der Waals surface area contributed by atoms with Gasteiger partial charge in [-0.05, 0) is 6.07 Å². The smallest absolute Gasteiger partial charge is 0.168 e. The Morgan fingerprint density at radius 1 is 1.23 bits per heavy atom. The maximum absolute atomic E-state index is 13.0. The highest BCUT2D eigenvalue weighted by molar-refractivity contribution is 5.80. The average molecular weight is 184 g/mol. The van der Waals surface area contributed by atoms with Gasteiger partial charge in [0.2, 0.25) is 0 Å². The molecule has 1 rings (SSSR count). The highest BCUT2D eigenvalue weighted by Crippen LogP contribution is 2.25. The van der Waals surface area contributed by atoms with E-state index >= 15 is 0 Å². The molecule has 0 fully saturated rings. The van der Waals surface area contributed by atoms with E-state index in [1.165, 1.54) is 20.3 Å². The quantitative estimate of drug-likeness (QED) is 0.670. The summed E-state index contributed by atoms with van der Waals surface area (Å²) in [5.41, 5.74) is 0.265. The third kappa shape index (κ3) is 1.77. The molecule has 1 aromatic carbocycles. The molecule has 0 heterocycles. The molecule has 3 nitrogen and oxygen atoms in total. The standard InChI is InChI=1S/C9H9FO3/c1-12-8-4-7(10)9(13-2)3-6(8)5-11/h3-5H,1-2H3. The summed E-state index contributed by atoms with van der Waals surface area (Å²) < 4.78 is 22.5. The molecule has 1 aromatic rings. The lowest BCUT2D eigenvalue weighted by molar-refractivity contribution is 0.112. The Balaban J connectivity index is 3.26. The van der Waals surface area contributed by atoms with Gasteiger partial charge >= 0.3 is 0 Å². The fourth-order valence-electron chi connectivity index (χ4n) is 0.976. The Labute approximate surface area is 75.1 Å². The molecule has 0 aliphatic carbocycles. The molecule has 0 aromatic heterocycles. The third-order valence-corrected chi connectivity index (χ3v) is 1.63. The van der Waals surface area contributed by atoms with E-state index in [2.05, 4.69) is 0 Å². The lowest BCUT2D eigenvalue weighted by Crippen LogP contribution is -1.95. The molecule has 13 heavy (non-hydrogen) atoms. The summed E-state index contributed by atoms with van der Waals surface area (Å²) in [5.74, 6) is -0.318. The molecule has 0 aliphatic heterocycles.